The molecular formula is C12H10BrFN6O5S2. The van der Waals surface area contributed by atoms with Crippen LogP contribution in [0.2, 0.25) is 0 Å². The van der Waals surface area contributed by atoms with Crippen molar-refractivity contribution in [1.29, 1.82) is 0 Å². The van der Waals surface area contributed by atoms with Gasteiger partial charge in [-0.2, -0.15) is 8.42 Å². The summed E-state index contributed by atoms with van der Waals surface area (Å²) in [6, 6.07) is 3.89. The molecule has 0 fully saturated rings. The second-order valence-electron chi connectivity index (χ2n) is 4.91. The lowest BCUT2D eigenvalue weighted by Crippen LogP contribution is -2.32. The van der Waals surface area contributed by atoms with E-state index in [4.69, 9.17) is 14.3 Å². The molecule has 0 aliphatic carbocycles. The zero-order valence-corrected chi connectivity index (χ0v) is 16.3. The van der Waals surface area contributed by atoms with Crippen molar-refractivity contribution >= 4 is 37.9 Å². The summed E-state index contributed by atoms with van der Waals surface area (Å²) in [5.74, 6) is -1.09. The fraction of sp³-hybridized carbons (Fsp3) is 0.167. The van der Waals surface area contributed by atoms with E-state index in [1.165, 1.54) is 12.1 Å². The molecule has 27 heavy (non-hydrogen) atoms. The normalized spacial score (nSPS) is 11.8. The lowest BCUT2D eigenvalue weighted by molar-refractivity contribution is 0.299. The molecule has 144 valence electrons. The largest absolute Gasteiger partial charge is 0.446 e. The third-order valence-electron chi connectivity index (χ3n) is 3.08. The summed E-state index contributed by atoms with van der Waals surface area (Å²) in [4.78, 5) is 12.1. The highest BCUT2D eigenvalue weighted by Crippen LogP contribution is 2.28. The Morgan fingerprint density at radius 2 is 2.11 bits per heavy atom. The van der Waals surface area contributed by atoms with Crippen LogP contribution in [0.25, 0.3) is 17.2 Å². The van der Waals surface area contributed by atoms with Gasteiger partial charge in [0.1, 0.15) is 5.82 Å². The molecular weight excluding hydrogens is 471 g/mol. The maximum Gasteiger partial charge on any atom is 0.446 e. The van der Waals surface area contributed by atoms with Crippen LogP contribution in [0.5, 0.6) is 0 Å². The molecule has 15 heteroatoms. The van der Waals surface area contributed by atoms with Gasteiger partial charge in [0.15, 0.2) is 10.7 Å². The number of hydrogen-bond acceptors (Lipinski definition) is 9. The van der Waals surface area contributed by atoms with E-state index in [1.54, 1.807) is 0 Å². The zero-order valence-electron chi connectivity index (χ0n) is 13.1. The maximum atomic E-state index is 13.5. The Kier molecular flexibility index (Phi) is 5.75. The number of hydrogen-bond donors (Lipinski definition) is 2. The number of thioether (sulfide) groups is 1. The molecule has 3 aromatic rings. The molecule has 0 aliphatic heterocycles. The molecule has 0 saturated carbocycles. The average Bonchev–Trinajstić information content (AvgIpc) is 3.19. The summed E-state index contributed by atoms with van der Waals surface area (Å²) in [5, 5.41) is 16.2. The van der Waals surface area contributed by atoms with Gasteiger partial charge in [0.25, 0.3) is 10.2 Å². The zero-order chi connectivity index (χ0) is 19.6. The van der Waals surface area contributed by atoms with Gasteiger partial charge < -0.3 is 0 Å². The number of nitrogens with zero attached hydrogens (tertiary/aromatic N) is 4. The van der Waals surface area contributed by atoms with Crippen molar-refractivity contribution in [3.05, 3.63) is 39.0 Å². The molecule has 11 nitrogen and oxygen atoms in total. The fourth-order valence-corrected chi connectivity index (χ4v) is 3.63. The summed E-state index contributed by atoms with van der Waals surface area (Å²) >= 11 is 4.14. The number of nitrogens with one attached hydrogen (secondary N) is 1. The lowest BCUT2D eigenvalue weighted by Gasteiger charge is -2.04. The van der Waals surface area contributed by atoms with Crippen LogP contribution in [-0.4, -0.2) is 40.8 Å². The van der Waals surface area contributed by atoms with E-state index in [0.29, 0.717) is 0 Å². The number of benzene rings is 1. The molecule has 3 rings (SSSR count). The predicted molar refractivity (Wildman–Crippen MR) is 94.9 cm³/mol. The van der Waals surface area contributed by atoms with Crippen molar-refractivity contribution in [3.8, 4) is 17.2 Å². The van der Waals surface area contributed by atoms with Gasteiger partial charge in [0, 0.05) is 12.3 Å². The minimum Gasteiger partial charge on any atom is -0.295 e. The van der Waals surface area contributed by atoms with Gasteiger partial charge >= 0.3 is 5.76 Å². The van der Waals surface area contributed by atoms with Gasteiger partial charge in [0.05, 0.1) is 10.2 Å². The summed E-state index contributed by atoms with van der Waals surface area (Å²) in [7, 11) is -3.81. The fourth-order valence-electron chi connectivity index (χ4n) is 1.99. The van der Waals surface area contributed by atoms with Crippen molar-refractivity contribution in [2.75, 3.05) is 12.3 Å². The minimum atomic E-state index is -3.81. The molecule has 0 bridgehead atoms. The average molecular weight is 481 g/mol. The molecule has 0 saturated heterocycles. The standard InChI is InChI=1S/C12H10BrFN6O5S2/c13-7-5-6(1-2-8(7)14)20-10(18-24-12(20)21)9-11(19-25-17-9)26-4-3-16-27(15,22)23/h1-2,5,16H,3-4H2,(H2,15,22,23). The SMILES string of the molecule is NS(=O)(=O)NCCSc1nonc1-c1noc(=O)n1-c1ccc(F)c(Br)c1. The van der Waals surface area contributed by atoms with E-state index in [0.717, 1.165) is 22.4 Å². The van der Waals surface area contributed by atoms with E-state index >= 15 is 0 Å². The van der Waals surface area contributed by atoms with Gasteiger partial charge in [-0.3, -0.25) is 4.52 Å². The molecule has 2 heterocycles. The van der Waals surface area contributed by atoms with Gasteiger partial charge in [-0.05, 0) is 44.4 Å². The Bertz CT molecular complexity index is 1130. The monoisotopic (exact) mass is 480 g/mol. The maximum absolute atomic E-state index is 13.5. The van der Waals surface area contributed by atoms with Crippen LogP contribution in [0.1, 0.15) is 0 Å². The van der Waals surface area contributed by atoms with E-state index in [2.05, 4.69) is 36.1 Å². The highest BCUT2D eigenvalue weighted by molar-refractivity contribution is 9.10. The third kappa shape index (κ3) is 4.62. The number of halogens is 2. The number of rotatable bonds is 7. The third-order valence-corrected chi connectivity index (χ3v) is 5.24. The van der Waals surface area contributed by atoms with E-state index in [9.17, 15) is 17.6 Å². The molecule has 0 aliphatic rings. The van der Waals surface area contributed by atoms with Gasteiger partial charge in [-0.1, -0.05) is 16.9 Å². The Hall–Kier alpha value is -2.07. The second kappa shape index (κ2) is 7.89. The first kappa shape index (κ1) is 19.7. The van der Waals surface area contributed by atoms with Crippen LogP contribution in [0.15, 0.2) is 41.6 Å². The van der Waals surface area contributed by atoms with Crippen LogP contribution in [0.4, 0.5) is 4.39 Å². The number of aromatic nitrogens is 4. The first-order valence-electron chi connectivity index (χ1n) is 7.03. The Balaban J connectivity index is 1.89. The minimum absolute atomic E-state index is 0.0123. The summed E-state index contributed by atoms with van der Waals surface area (Å²) in [6.45, 7) is 0.0341. The molecule has 2 aromatic heterocycles. The van der Waals surface area contributed by atoms with Crippen molar-refractivity contribution in [2.45, 2.75) is 5.03 Å². The molecule has 0 amide bonds. The van der Waals surface area contributed by atoms with Crippen LogP contribution in [0, 0.1) is 5.82 Å². The van der Waals surface area contributed by atoms with Crippen LogP contribution >= 0.6 is 27.7 Å². The first-order chi connectivity index (χ1) is 12.8. The van der Waals surface area contributed by atoms with E-state index in [-0.39, 0.29) is 39.0 Å². The Labute approximate surface area is 163 Å². The highest BCUT2D eigenvalue weighted by atomic mass is 79.9. The smallest absolute Gasteiger partial charge is 0.295 e. The van der Waals surface area contributed by atoms with Crippen LogP contribution in [0.3, 0.4) is 0 Å². The molecule has 3 N–H and O–H groups in total. The van der Waals surface area contributed by atoms with E-state index < -0.39 is 21.8 Å². The quantitative estimate of drug-likeness (QED) is 0.365. The van der Waals surface area contributed by atoms with Crippen molar-refractivity contribution in [1.82, 2.24) is 24.8 Å². The van der Waals surface area contributed by atoms with Crippen molar-refractivity contribution < 1.29 is 22.0 Å². The molecule has 0 atom stereocenters. The number of nitrogens with two attached hydrogens (primary N) is 1. The van der Waals surface area contributed by atoms with Gasteiger partial charge in [-0.15, -0.1) is 0 Å². The van der Waals surface area contributed by atoms with Gasteiger partial charge in [0.2, 0.25) is 5.82 Å². The molecule has 0 radical (unpaired) electrons. The summed E-state index contributed by atoms with van der Waals surface area (Å²) < 4.78 is 47.9. The molecule has 0 spiro atoms. The van der Waals surface area contributed by atoms with Crippen molar-refractivity contribution in [3.63, 3.8) is 0 Å². The molecule has 0 unspecified atom stereocenters. The van der Waals surface area contributed by atoms with Crippen LogP contribution < -0.4 is 15.6 Å². The highest BCUT2D eigenvalue weighted by Gasteiger charge is 2.23. The van der Waals surface area contributed by atoms with Crippen molar-refractivity contribution in [2.24, 2.45) is 5.14 Å². The van der Waals surface area contributed by atoms with Crippen LogP contribution in [-0.2, 0) is 10.2 Å². The van der Waals surface area contributed by atoms with Gasteiger partial charge in [-0.25, -0.2) is 28.2 Å². The topological polar surface area (TPSA) is 159 Å². The molecule has 1 aromatic carbocycles. The van der Waals surface area contributed by atoms with E-state index in [1.807, 2.05) is 0 Å². The Morgan fingerprint density at radius 1 is 1.33 bits per heavy atom. The summed E-state index contributed by atoms with van der Waals surface area (Å²) in [5.41, 5.74) is 0.376. The Morgan fingerprint density at radius 3 is 2.81 bits per heavy atom. The second-order valence-corrected chi connectivity index (χ2v) is 8.23. The lowest BCUT2D eigenvalue weighted by atomic mass is 10.3. The first-order valence-corrected chi connectivity index (χ1v) is 10.4. The summed E-state index contributed by atoms with van der Waals surface area (Å²) in [6.07, 6.45) is 0. The predicted octanol–water partition coefficient (Wildman–Crippen LogP) is 0.662.